The molecular weight excluding hydrogens is 432 g/mol. The molecule has 0 bridgehead atoms. The Morgan fingerprint density at radius 1 is 1.12 bits per heavy atom. The molecule has 5 rings (SSSR count). The lowest BCUT2D eigenvalue weighted by molar-refractivity contribution is -0.205. The molecule has 0 amide bonds. The minimum Gasteiger partial charge on any atom is -0.351 e. The van der Waals surface area contributed by atoms with Crippen molar-refractivity contribution in [1.82, 2.24) is 0 Å². The summed E-state index contributed by atoms with van der Waals surface area (Å²) in [5.41, 5.74) is 2.05. The van der Waals surface area contributed by atoms with Crippen molar-refractivity contribution < 1.29 is 27.7 Å². The second kappa shape index (κ2) is 8.65. The van der Waals surface area contributed by atoms with E-state index in [1.54, 1.807) is 0 Å². The molecule has 2 saturated heterocycles. The number of rotatable bonds is 8. The van der Waals surface area contributed by atoms with Crippen molar-refractivity contribution >= 4 is 17.1 Å². The van der Waals surface area contributed by atoms with Crippen LogP contribution in [-0.2, 0) is 18.9 Å². The fourth-order valence-corrected chi connectivity index (χ4v) is 4.16. The molecule has 3 aliphatic rings. The Balaban J connectivity index is 1.50. The quantitative estimate of drug-likeness (QED) is 0.553. The van der Waals surface area contributed by atoms with Gasteiger partial charge in [-0.3, -0.25) is 14.5 Å². The van der Waals surface area contributed by atoms with Crippen LogP contribution in [0, 0.1) is 17.2 Å². The highest BCUT2D eigenvalue weighted by Crippen LogP contribution is 2.56. The molecule has 33 heavy (non-hydrogen) atoms. The number of hydrogen-bond acceptors (Lipinski definition) is 7. The number of epoxide rings is 1. The summed E-state index contributed by atoms with van der Waals surface area (Å²) in [4.78, 5) is 6.41. The van der Waals surface area contributed by atoms with Crippen LogP contribution < -0.4 is 4.90 Å². The average Bonchev–Trinajstić information content (AvgIpc) is 3.24. The van der Waals surface area contributed by atoms with E-state index in [2.05, 4.69) is 11.1 Å². The maximum Gasteiger partial charge on any atom is 0.348 e. The highest BCUT2D eigenvalue weighted by atomic mass is 19.3. The molecule has 0 saturated carbocycles. The molecule has 2 aromatic carbocycles. The second-order valence-electron chi connectivity index (χ2n) is 7.79. The number of anilines is 2. The summed E-state index contributed by atoms with van der Waals surface area (Å²) >= 11 is 0. The fourth-order valence-electron chi connectivity index (χ4n) is 4.16. The van der Waals surface area contributed by atoms with E-state index in [1.807, 2.05) is 65.6 Å². The van der Waals surface area contributed by atoms with Gasteiger partial charge in [0.1, 0.15) is 5.71 Å². The van der Waals surface area contributed by atoms with Gasteiger partial charge in [0.05, 0.1) is 25.1 Å². The van der Waals surface area contributed by atoms with Crippen LogP contribution >= 0.6 is 0 Å². The maximum absolute atomic E-state index is 13.3. The standard InChI is InChI=1S/C24H21F2N3O4/c25-22(26)32-23-12-13-28-20(24(23,33-23)31-21-17(15-27)11-14-30-21)16-29(18-7-3-1-4-8-18)19-9-5-2-6-10-19/h1-10,12-13,17,21-22H,11,14,16H2/t17?,21?,23?,24-/m1/s1. The zero-order valence-corrected chi connectivity index (χ0v) is 17.5. The topological polar surface area (TPSA) is 79.6 Å². The lowest BCUT2D eigenvalue weighted by Crippen LogP contribution is -2.47. The van der Waals surface area contributed by atoms with Gasteiger partial charge in [-0.25, -0.2) is 0 Å². The first-order valence-corrected chi connectivity index (χ1v) is 10.5. The lowest BCUT2D eigenvalue weighted by atomic mass is 10.0. The van der Waals surface area contributed by atoms with Gasteiger partial charge in [0, 0.05) is 17.6 Å². The molecule has 0 radical (unpaired) electrons. The third kappa shape index (κ3) is 3.92. The molecule has 9 heteroatoms. The van der Waals surface area contributed by atoms with Crippen LogP contribution in [0.3, 0.4) is 0 Å². The molecule has 4 atom stereocenters. The summed E-state index contributed by atoms with van der Waals surface area (Å²) in [5, 5.41) is 9.43. The Morgan fingerprint density at radius 3 is 2.39 bits per heavy atom. The summed E-state index contributed by atoms with van der Waals surface area (Å²) < 4.78 is 48.9. The number of hydrogen-bond donors (Lipinski definition) is 0. The van der Waals surface area contributed by atoms with Crippen molar-refractivity contribution in [3.63, 3.8) is 0 Å². The summed E-state index contributed by atoms with van der Waals surface area (Å²) in [6.07, 6.45) is 2.20. The van der Waals surface area contributed by atoms with Crippen LogP contribution in [0.2, 0.25) is 0 Å². The minimum absolute atomic E-state index is 0.163. The third-order valence-corrected chi connectivity index (χ3v) is 5.81. The second-order valence-corrected chi connectivity index (χ2v) is 7.79. The Bertz CT molecular complexity index is 1050. The number of aliphatic imine (C=N–C) groups is 1. The van der Waals surface area contributed by atoms with E-state index < -0.39 is 30.4 Å². The monoisotopic (exact) mass is 453 g/mol. The van der Waals surface area contributed by atoms with Crippen molar-refractivity contribution in [1.29, 1.82) is 5.26 Å². The van der Waals surface area contributed by atoms with Gasteiger partial charge in [0.15, 0.2) is 6.29 Å². The molecule has 0 spiro atoms. The fraction of sp³-hybridized carbons (Fsp3) is 0.333. The predicted octanol–water partition coefficient (Wildman–Crippen LogP) is 4.36. The van der Waals surface area contributed by atoms with Gasteiger partial charge in [-0.2, -0.15) is 14.0 Å². The molecule has 0 aliphatic carbocycles. The van der Waals surface area contributed by atoms with E-state index in [0.29, 0.717) is 18.7 Å². The zero-order valence-electron chi connectivity index (χ0n) is 17.5. The number of para-hydroxylation sites is 2. The number of halogens is 2. The predicted molar refractivity (Wildman–Crippen MR) is 115 cm³/mol. The largest absolute Gasteiger partial charge is 0.351 e. The SMILES string of the molecule is N#CC1CCOC1O[C@]12OC1(OC(F)F)C=CN=C2CN(c1ccccc1)c1ccccc1. The van der Waals surface area contributed by atoms with Gasteiger partial charge in [-0.1, -0.05) is 36.4 Å². The molecule has 2 aromatic rings. The number of nitrogens with zero attached hydrogens (tertiary/aromatic N) is 3. The summed E-state index contributed by atoms with van der Waals surface area (Å²) in [6.45, 7) is -2.61. The molecule has 0 aromatic heterocycles. The van der Waals surface area contributed by atoms with Crippen LogP contribution in [0.15, 0.2) is 77.9 Å². The summed E-state index contributed by atoms with van der Waals surface area (Å²) in [7, 11) is 0. The number of nitriles is 1. The first-order chi connectivity index (χ1) is 16.1. The molecule has 3 heterocycles. The highest BCUT2D eigenvalue weighted by Gasteiger charge is 2.78. The van der Waals surface area contributed by atoms with Crippen LogP contribution in [0.1, 0.15) is 6.42 Å². The average molecular weight is 453 g/mol. The normalized spacial score (nSPS) is 29.9. The number of alkyl halides is 2. The highest BCUT2D eigenvalue weighted by molar-refractivity contribution is 6.01. The summed E-state index contributed by atoms with van der Waals surface area (Å²) in [6, 6.07) is 21.3. The molecule has 3 aliphatic heterocycles. The van der Waals surface area contributed by atoms with Crippen molar-refractivity contribution in [2.24, 2.45) is 10.9 Å². The van der Waals surface area contributed by atoms with E-state index in [9.17, 15) is 14.0 Å². The molecule has 0 N–H and O–H groups in total. The molecule has 2 fully saturated rings. The van der Waals surface area contributed by atoms with E-state index in [0.717, 1.165) is 11.4 Å². The van der Waals surface area contributed by atoms with Gasteiger partial charge < -0.3 is 14.4 Å². The third-order valence-electron chi connectivity index (χ3n) is 5.81. The molecule has 170 valence electrons. The Kier molecular flexibility index (Phi) is 5.68. The van der Waals surface area contributed by atoms with E-state index >= 15 is 0 Å². The van der Waals surface area contributed by atoms with Crippen molar-refractivity contribution in [2.75, 3.05) is 18.1 Å². The Morgan fingerprint density at radius 2 is 1.79 bits per heavy atom. The van der Waals surface area contributed by atoms with Crippen molar-refractivity contribution in [2.45, 2.75) is 30.9 Å². The first kappa shape index (κ1) is 21.7. The van der Waals surface area contributed by atoms with E-state index in [1.165, 1.54) is 12.3 Å². The summed E-state index contributed by atoms with van der Waals surface area (Å²) in [5.74, 6) is -4.13. The Labute approximate surface area is 189 Å². The van der Waals surface area contributed by atoms with E-state index in [-0.39, 0.29) is 6.54 Å². The Hall–Kier alpha value is -3.16. The van der Waals surface area contributed by atoms with E-state index in [4.69, 9.17) is 18.9 Å². The maximum atomic E-state index is 13.3. The van der Waals surface area contributed by atoms with Gasteiger partial charge in [-0.15, -0.1) is 0 Å². The van der Waals surface area contributed by atoms with Crippen molar-refractivity contribution in [3.8, 4) is 6.07 Å². The first-order valence-electron chi connectivity index (χ1n) is 10.5. The van der Waals surface area contributed by atoms with Crippen molar-refractivity contribution in [3.05, 3.63) is 72.9 Å². The van der Waals surface area contributed by atoms with Crippen LogP contribution in [-0.4, -0.2) is 43.3 Å². The van der Waals surface area contributed by atoms with Crippen LogP contribution in [0.4, 0.5) is 20.2 Å². The van der Waals surface area contributed by atoms with Crippen LogP contribution in [0.25, 0.3) is 0 Å². The van der Waals surface area contributed by atoms with Gasteiger partial charge in [-0.05, 0) is 36.8 Å². The smallest absolute Gasteiger partial charge is 0.348 e. The molecular formula is C24H21F2N3O4. The number of fused-ring (bicyclic) bond motifs is 1. The zero-order chi connectivity index (χ0) is 22.9. The number of benzene rings is 2. The minimum atomic E-state index is -3.10. The van der Waals surface area contributed by atoms with Gasteiger partial charge in [0.25, 0.3) is 11.6 Å². The molecule has 7 nitrogen and oxygen atoms in total. The number of ether oxygens (including phenoxy) is 4. The van der Waals surface area contributed by atoms with Crippen LogP contribution in [0.5, 0.6) is 0 Å². The lowest BCUT2D eigenvalue weighted by Gasteiger charge is -2.30. The van der Waals surface area contributed by atoms with Gasteiger partial charge >= 0.3 is 6.61 Å². The molecule has 3 unspecified atom stereocenters. The van der Waals surface area contributed by atoms with Gasteiger partial charge in [0.2, 0.25) is 0 Å².